The highest BCUT2D eigenvalue weighted by Gasteiger charge is 2.15. The van der Waals surface area contributed by atoms with Crippen LogP contribution < -0.4 is 5.32 Å². The number of rotatable bonds is 8. The Morgan fingerprint density at radius 1 is 1.12 bits per heavy atom. The minimum Gasteiger partial charge on any atom is -0.475 e. The number of amides is 1. The van der Waals surface area contributed by atoms with E-state index in [2.05, 4.69) is 5.32 Å². The number of carboxylic acid groups (broad SMARTS) is 1. The number of furan rings is 1. The molecule has 2 N–H and O–H groups in total. The number of unbranched alkanes of at least 4 members (excludes halogenated alkanes) is 1. The first-order chi connectivity index (χ1) is 11.8. The van der Waals surface area contributed by atoms with Crippen LogP contribution in [0.5, 0.6) is 0 Å². The normalized spacial score (nSPS) is 11.2. The van der Waals surface area contributed by atoms with E-state index in [1.54, 1.807) is 0 Å². The lowest BCUT2D eigenvalue weighted by molar-refractivity contribution is 0.0660. The van der Waals surface area contributed by atoms with E-state index in [4.69, 9.17) is 9.52 Å². The molecule has 1 aromatic carbocycles. The monoisotopic (exact) mass is 365 g/mol. The Hall–Kier alpha value is -2.61. The molecule has 0 spiro atoms. The molecule has 1 heterocycles. The molecule has 0 aliphatic rings. The average Bonchev–Trinajstić information content (AvgIpc) is 3.07. The van der Waals surface area contributed by atoms with Crippen molar-refractivity contribution in [1.29, 1.82) is 0 Å². The van der Waals surface area contributed by atoms with Crippen molar-refractivity contribution in [2.45, 2.75) is 31.2 Å². The van der Waals surface area contributed by atoms with Gasteiger partial charge in [0.05, 0.1) is 17.2 Å². The number of hydrogen-bond acceptors (Lipinski definition) is 5. The molecular formula is C17H19NO6S. The second-order valence-corrected chi connectivity index (χ2v) is 7.56. The highest BCUT2D eigenvalue weighted by Crippen LogP contribution is 2.14. The maximum Gasteiger partial charge on any atom is 0.371 e. The number of sulfone groups is 1. The van der Waals surface area contributed by atoms with Gasteiger partial charge in [-0.2, -0.15) is 0 Å². The van der Waals surface area contributed by atoms with Crippen LogP contribution in [0.2, 0.25) is 0 Å². The minimum atomic E-state index is -3.33. The first kappa shape index (κ1) is 18.7. The summed E-state index contributed by atoms with van der Waals surface area (Å²) in [5, 5.41) is 11.4. The third-order valence-electron chi connectivity index (χ3n) is 3.54. The average molecular weight is 365 g/mol. The Morgan fingerprint density at radius 3 is 2.36 bits per heavy atom. The molecule has 25 heavy (non-hydrogen) atoms. The largest absolute Gasteiger partial charge is 0.475 e. The molecule has 0 aliphatic heterocycles. The third-order valence-corrected chi connectivity index (χ3v) is 5.35. The van der Waals surface area contributed by atoms with Crippen LogP contribution in [0, 0.1) is 0 Å². The highest BCUT2D eigenvalue weighted by atomic mass is 32.2. The number of hydrogen-bond donors (Lipinski definition) is 2. The minimum absolute atomic E-state index is 0.0304. The van der Waals surface area contributed by atoms with Crippen LogP contribution in [0.1, 0.15) is 46.4 Å². The molecule has 1 aromatic heterocycles. The number of aromatic carboxylic acids is 1. The SMILES string of the molecule is CCCCS(=O)(=O)c1ccc(C(=O)NCc2ccc(C(=O)O)o2)cc1. The Balaban J connectivity index is 1.99. The van der Waals surface area contributed by atoms with E-state index in [-0.39, 0.29) is 23.0 Å². The van der Waals surface area contributed by atoms with Gasteiger partial charge in [0, 0.05) is 5.56 Å². The predicted octanol–water partition coefficient (Wildman–Crippen LogP) is 2.48. The summed E-state index contributed by atoms with van der Waals surface area (Å²) in [6.07, 6.45) is 1.38. The van der Waals surface area contributed by atoms with Gasteiger partial charge in [-0.3, -0.25) is 4.79 Å². The van der Waals surface area contributed by atoms with Crippen molar-refractivity contribution in [3.05, 3.63) is 53.5 Å². The van der Waals surface area contributed by atoms with Crippen molar-refractivity contribution < 1.29 is 27.5 Å². The lowest BCUT2D eigenvalue weighted by atomic mass is 10.2. The van der Waals surface area contributed by atoms with Gasteiger partial charge in [-0.15, -0.1) is 0 Å². The molecule has 0 aliphatic carbocycles. The smallest absolute Gasteiger partial charge is 0.371 e. The zero-order valence-electron chi connectivity index (χ0n) is 13.7. The van der Waals surface area contributed by atoms with E-state index in [9.17, 15) is 18.0 Å². The first-order valence-electron chi connectivity index (χ1n) is 7.76. The molecule has 8 heteroatoms. The first-order valence-corrected chi connectivity index (χ1v) is 9.41. The third kappa shape index (κ3) is 4.93. The molecule has 0 bridgehead atoms. The number of nitrogens with one attached hydrogen (secondary N) is 1. The van der Waals surface area contributed by atoms with E-state index in [1.165, 1.54) is 36.4 Å². The quantitative estimate of drug-likeness (QED) is 0.743. The fraction of sp³-hybridized carbons (Fsp3) is 0.294. The molecule has 1 amide bonds. The molecule has 7 nitrogen and oxygen atoms in total. The van der Waals surface area contributed by atoms with Crippen LogP contribution in [0.25, 0.3) is 0 Å². The Bertz CT molecular complexity index is 852. The summed E-state index contributed by atoms with van der Waals surface area (Å²) in [5.74, 6) is -1.40. The van der Waals surface area contributed by atoms with Gasteiger partial charge < -0.3 is 14.8 Å². The summed E-state index contributed by atoms with van der Waals surface area (Å²) < 4.78 is 29.2. The van der Waals surface area contributed by atoms with Gasteiger partial charge in [-0.1, -0.05) is 13.3 Å². The number of carboxylic acids is 1. The van der Waals surface area contributed by atoms with E-state index in [1.807, 2.05) is 6.92 Å². The zero-order valence-corrected chi connectivity index (χ0v) is 14.5. The molecule has 134 valence electrons. The van der Waals surface area contributed by atoms with Crippen LogP contribution >= 0.6 is 0 Å². The van der Waals surface area contributed by atoms with Crippen molar-refractivity contribution in [2.24, 2.45) is 0 Å². The Morgan fingerprint density at radius 2 is 1.80 bits per heavy atom. The van der Waals surface area contributed by atoms with Crippen molar-refractivity contribution >= 4 is 21.7 Å². The van der Waals surface area contributed by atoms with Gasteiger partial charge in [0.1, 0.15) is 5.76 Å². The summed E-state index contributed by atoms with van der Waals surface area (Å²) >= 11 is 0. The predicted molar refractivity (Wildman–Crippen MR) is 90.2 cm³/mol. The van der Waals surface area contributed by atoms with E-state index in [0.717, 1.165) is 6.42 Å². The van der Waals surface area contributed by atoms with Crippen molar-refractivity contribution in [3.8, 4) is 0 Å². The van der Waals surface area contributed by atoms with Crippen LogP contribution in [-0.2, 0) is 16.4 Å². The summed E-state index contributed by atoms with van der Waals surface area (Å²) in [4.78, 5) is 23.0. The van der Waals surface area contributed by atoms with Gasteiger partial charge in [-0.25, -0.2) is 13.2 Å². The van der Waals surface area contributed by atoms with E-state index >= 15 is 0 Å². The molecule has 0 atom stereocenters. The Kier molecular flexibility index (Phi) is 5.97. The lowest BCUT2D eigenvalue weighted by Gasteiger charge is -2.06. The lowest BCUT2D eigenvalue weighted by Crippen LogP contribution is -2.22. The molecule has 0 saturated heterocycles. The van der Waals surface area contributed by atoms with E-state index < -0.39 is 21.7 Å². The molecule has 2 aromatic rings. The van der Waals surface area contributed by atoms with Gasteiger partial charge in [-0.05, 0) is 42.8 Å². The summed E-state index contributed by atoms with van der Waals surface area (Å²) in [6, 6.07) is 8.48. The molecule has 0 unspecified atom stereocenters. The Labute approximate surface area is 145 Å². The second-order valence-electron chi connectivity index (χ2n) is 5.45. The molecule has 0 radical (unpaired) electrons. The zero-order chi connectivity index (χ0) is 18.4. The summed E-state index contributed by atoms with van der Waals surface area (Å²) in [5.41, 5.74) is 0.305. The molecule has 0 saturated carbocycles. The second kappa shape index (κ2) is 7.98. The molecule has 2 rings (SSSR count). The number of benzene rings is 1. The highest BCUT2D eigenvalue weighted by molar-refractivity contribution is 7.91. The van der Waals surface area contributed by atoms with Crippen LogP contribution in [0.4, 0.5) is 0 Å². The molecular weight excluding hydrogens is 346 g/mol. The number of carbonyl (C=O) groups excluding carboxylic acids is 1. The van der Waals surface area contributed by atoms with Crippen LogP contribution in [0.15, 0.2) is 45.7 Å². The fourth-order valence-electron chi connectivity index (χ4n) is 2.12. The summed E-state index contributed by atoms with van der Waals surface area (Å²) in [6.45, 7) is 1.95. The van der Waals surface area contributed by atoms with Gasteiger partial charge in [0.15, 0.2) is 9.84 Å². The number of carbonyl (C=O) groups is 2. The van der Waals surface area contributed by atoms with Gasteiger partial charge in [0.2, 0.25) is 5.76 Å². The van der Waals surface area contributed by atoms with Gasteiger partial charge >= 0.3 is 5.97 Å². The van der Waals surface area contributed by atoms with Crippen molar-refractivity contribution in [1.82, 2.24) is 5.32 Å². The summed E-state index contributed by atoms with van der Waals surface area (Å²) in [7, 11) is -3.33. The molecule has 0 fully saturated rings. The van der Waals surface area contributed by atoms with Crippen LogP contribution in [0.3, 0.4) is 0 Å². The fourth-order valence-corrected chi connectivity index (χ4v) is 3.58. The van der Waals surface area contributed by atoms with Crippen molar-refractivity contribution in [2.75, 3.05) is 5.75 Å². The van der Waals surface area contributed by atoms with Crippen LogP contribution in [-0.4, -0.2) is 31.2 Å². The maximum atomic E-state index is 12.1. The maximum absolute atomic E-state index is 12.1. The topological polar surface area (TPSA) is 114 Å². The van der Waals surface area contributed by atoms with Crippen molar-refractivity contribution in [3.63, 3.8) is 0 Å². The van der Waals surface area contributed by atoms with E-state index in [0.29, 0.717) is 17.7 Å². The van der Waals surface area contributed by atoms with Gasteiger partial charge in [0.25, 0.3) is 5.91 Å². The standard InChI is InChI=1S/C17H19NO6S/c1-2-3-10-25(22,23)14-7-4-12(5-8-14)16(19)18-11-13-6-9-15(24-13)17(20)21/h4-9H,2-3,10-11H2,1H3,(H,18,19)(H,20,21).